The first-order valence-corrected chi connectivity index (χ1v) is 6.12. The van der Waals surface area contributed by atoms with Crippen molar-refractivity contribution in [2.24, 2.45) is 11.7 Å². The number of hydrogen-bond acceptors (Lipinski definition) is 3. The molecule has 0 aromatic carbocycles. The standard InChI is InChI=1S/C12H27N3O/c1-9(2)11(5)14-12(16)8-15(7-6-13)10(3)4/h9-11H,6-8,13H2,1-5H3,(H,14,16). The average molecular weight is 229 g/mol. The van der Waals surface area contributed by atoms with Crippen LogP contribution in [-0.4, -0.2) is 42.5 Å². The minimum absolute atomic E-state index is 0.0864. The fourth-order valence-corrected chi connectivity index (χ4v) is 1.34. The highest BCUT2D eigenvalue weighted by atomic mass is 16.2. The Kier molecular flexibility index (Phi) is 7.34. The number of nitrogens with two attached hydrogens (primary N) is 1. The van der Waals surface area contributed by atoms with Gasteiger partial charge in [0.25, 0.3) is 0 Å². The molecule has 0 radical (unpaired) electrons. The molecule has 1 amide bonds. The van der Waals surface area contributed by atoms with Gasteiger partial charge in [0, 0.05) is 25.2 Å². The molecule has 0 rings (SSSR count). The van der Waals surface area contributed by atoms with Gasteiger partial charge in [0.2, 0.25) is 5.91 Å². The molecule has 3 N–H and O–H groups in total. The lowest BCUT2D eigenvalue weighted by Crippen LogP contribution is -2.46. The molecule has 0 aliphatic carbocycles. The predicted octanol–water partition coefficient (Wildman–Crippen LogP) is 0.816. The van der Waals surface area contributed by atoms with Crippen LogP contribution in [-0.2, 0) is 4.79 Å². The van der Waals surface area contributed by atoms with E-state index >= 15 is 0 Å². The number of nitrogens with zero attached hydrogens (tertiary/aromatic N) is 1. The molecule has 4 heteroatoms. The third-order valence-electron chi connectivity index (χ3n) is 2.88. The number of carbonyl (C=O) groups is 1. The van der Waals surface area contributed by atoms with Crippen LogP contribution < -0.4 is 11.1 Å². The van der Waals surface area contributed by atoms with Crippen molar-refractivity contribution in [3.05, 3.63) is 0 Å². The molecule has 0 saturated heterocycles. The Bertz CT molecular complexity index is 204. The summed E-state index contributed by atoms with van der Waals surface area (Å²) in [5.74, 6) is 0.550. The summed E-state index contributed by atoms with van der Waals surface area (Å²) in [5.41, 5.74) is 5.52. The normalized spacial score (nSPS) is 13.6. The van der Waals surface area contributed by atoms with Gasteiger partial charge in [0.05, 0.1) is 6.54 Å². The molecule has 0 bridgehead atoms. The molecule has 0 aromatic heterocycles. The molecular weight excluding hydrogens is 202 g/mol. The summed E-state index contributed by atoms with van der Waals surface area (Å²) in [7, 11) is 0. The maximum atomic E-state index is 11.8. The van der Waals surface area contributed by atoms with E-state index in [4.69, 9.17) is 5.73 Å². The molecule has 0 aliphatic rings. The highest BCUT2D eigenvalue weighted by Gasteiger charge is 2.15. The molecule has 0 aliphatic heterocycles. The summed E-state index contributed by atoms with van der Waals surface area (Å²) in [6.45, 7) is 12.2. The van der Waals surface area contributed by atoms with Crippen LogP contribution in [0.25, 0.3) is 0 Å². The number of nitrogens with one attached hydrogen (secondary N) is 1. The van der Waals surface area contributed by atoms with Gasteiger partial charge < -0.3 is 11.1 Å². The summed E-state index contributed by atoms with van der Waals surface area (Å²) in [6, 6.07) is 0.572. The van der Waals surface area contributed by atoms with E-state index in [9.17, 15) is 4.79 Å². The van der Waals surface area contributed by atoms with Crippen LogP contribution in [0.15, 0.2) is 0 Å². The summed E-state index contributed by atoms with van der Waals surface area (Å²) >= 11 is 0. The Hall–Kier alpha value is -0.610. The third-order valence-corrected chi connectivity index (χ3v) is 2.88. The quantitative estimate of drug-likeness (QED) is 0.679. The second-order valence-electron chi connectivity index (χ2n) is 4.95. The zero-order valence-electron chi connectivity index (χ0n) is 11.3. The average Bonchev–Trinajstić information content (AvgIpc) is 2.16. The molecule has 1 unspecified atom stereocenters. The van der Waals surface area contributed by atoms with Gasteiger partial charge in [0.15, 0.2) is 0 Å². The minimum Gasteiger partial charge on any atom is -0.352 e. The highest BCUT2D eigenvalue weighted by Crippen LogP contribution is 2.01. The van der Waals surface area contributed by atoms with Gasteiger partial charge in [0.1, 0.15) is 0 Å². The first-order valence-electron chi connectivity index (χ1n) is 6.12. The number of hydrogen-bond donors (Lipinski definition) is 2. The number of rotatable bonds is 7. The number of amides is 1. The Morgan fingerprint density at radius 1 is 1.25 bits per heavy atom. The molecule has 0 aromatic rings. The molecule has 0 saturated carbocycles. The van der Waals surface area contributed by atoms with E-state index in [1.165, 1.54) is 0 Å². The lowest BCUT2D eigenvalue weighted by Gasteiger charge is -2.26. The Balaban J connectivity index is 4.09. The van der Waals surface area contributed by atoms with E-state index in [-0.39, 0.29) is 11.9 Å². The lowest BCUT2D eigenvalue weighted by atomic mass is 10.1. The van der Waals surface area contributed by atoms with Crippen LogP contribution in [0.1, 0.15) is 34.6 Å². The van der Waals surface area contributed by atoms with E-state index in [0.29, 0.717) is 25.0 Å². The van der Waals surface area contributed by atoms with Crippen LogP contribution in [0.5, 0.6) is 0 Å². The van der Waals surface area contributed by atoms with Gasteiger partial charge >= 0.3 is 0 Å². The molecule has 1 atom stereocenters. The van der Waals surface area contributed by atoms with Crippen molar-refractivity contribution in [1.82, 2.24) is 10.2 Å². The van der Waals surface area contributed by atoms with Gasteiger partial charge in [-0.05, 0) is 26.7 Å². The molecule has 0 heterocycles. The smallest absolute Gasteiger partial charge is 0.234 e. The van der Waals surface area contributed by atoms with Crippen molar-refractivity contribution in [2.75, 3.05) is 19.6 Å². The molecule has 0 fully saturated rings. The topological polar surface area (TPSA) is 58.4 Å². The molecule has 16 heavy (non-hydrogen) atoms. The maximum Gasteiger partial charge on any atom is 0.234 e. The second-order valence-corrected chi connectivity index (χ2v) is 4.95. The predicted molar refractivity (Wildman–Crippen MR) is 68.2 cm³/mol. The van der Waals surface area contributed by atoms with Gasteiger partial charge in [-0.2, -0.15) is 0 Å². The number of carbonyl (C=O) groups excluding carboxylic acids is 1. The van der Waals surface area contributed by atoms with Crippen molar-refractivity contribution in [3.63, 3.8) is 0 Å². The largest absolute Gasteiger partial charge is 0.352 e. The first kappa shape index (κ1) is 15.4. The summed E-state index contributed by atoms with van der Waals surface area (Å²) in [4.78, 5) is 13.8. The van der Waals surface area contributed by atoms with Crippen molar-refractivity contribution < 1.29 is 4.79 Å². The van der Waals surface area contributed by atoms with Crippen LogP contribution in [0.2, 0.25) is 0 Å². The lowest BCUT2D eigenvalue weighted by molar-refractivity contribution is -0.123. The third kappa shape index (κ3) is 6.08. The molecule has 96 valence electrons. The van der Waals surface area contributed by atoms with Crippen molar-refractivity contribution in [1.29, 1.82) is 0 Å². The SMILES string of the molecule is CC(C)C(C)NC(=O)CN(CCN)C(C)C. The van der Waals surface area contributed by atoms with Gasteiger partial charge in [-0.1, -0.05) is 13.8 Å². The van der Waals surface area contributed by atoms with E-state index in [0.717, 1.165) is 6.54 Å². The second kappa shape index (κ2) is 7.63. The zero-order chi connectivity index (χ0) is 12.7. The monoisotopic (exact) mass is 229 g/mol. The molecule has 4 nitrogen and oxygen atoms in total. The van der Waals surface area contributed by atoms with Crippen LogP contribution in [0.4, 0.5) is 0 Å². The van der Waals surface area contributed by atoms with Crippen molar-refractivity contribution >= 4 is 5.91 Å². The van der Waals surface area contributed by atoms with Gasteiger partial charge in [-0.3, -0.25) is 9.69 Å². The highest BCUT2D eigenvalue weighted by molar-refractivity contribution is 5.78. The summed E-state index contributed by atoms with van der Waals surface area (Å²) < 4.78 is 0. The fraction of sp³-hybridized carbons (Fsp3) is 0.917. The maximum absolute atomic E-state index is 11.8. The van der Waals surface area contributed by atoms with Crippen molar-refractivity contribution in [3.8, 4) is 0 Å². The van der Waals surface area contributed by atoms with Gasteiger partial charge in [-0.25, -0.2) is 0 Å². The van der Waals surface area contributed by atoms with E-state index in [1.807, 2.05) is 6.92 Å². The van der Waals surface area contributed by atoms with Gasteiger partial charge in [-0.15, -0.1) is 0 Å². The van der Waals surface area contributed by atoms with E-state index in [2.05, 4.69) is 37.9 Å². The molecular formula is C12H27N3O. The Labute approximate surface area is 99.6 Å². The van der Waals surface area contributed by atoms with E-state index < -0.39 is 0 Å². The van der Waals surface area contributed by atoms with Crippen LogP contribution in [0.3, 0.4) is 0 Å². The fourth-order valence-electron chi connectivity index (χ4n) is 1.34. The van der Waals surface area contributed by atoms with Crippen LogP contribution >= 0.6 is 0 Å². The Morgan fingerprint density at radius 3 is 2.19 bits per heavy atom. The summed E-state index contributed by atoms with van der Waals surface area (Å²) in [5, 5.41) is 3.00. The van der Waals surface area contributed by atoms with E-state index in [1.54, 1.807) is 0 Å². The Morgan fingerprint density at radius 2 is 1.81 bits per heavy atom. The molecule has 0 spiro atoms. The van der Waals surface area contributed by atoms with Crippen molar-refractivity contribution in [2.45, 2.75) is 46.7 Å². The summed E-state index contributed by atoms with van der Waals surface area (Å²) in [6.07, 6.45) is 0. The first-order chi connectivity index (χ1) is 7.38. The zero-order valence-corrected chi connectivity index (χ0v) is 11.3. The van der Waals surface area contributed by atoms with Crippen LogP contribution in [0, 0.1) is 5.92 Å². The minimum atomic E-state index is 0.0864.